The normalized spacial score (nSPS) is 12.6. The molecule has 0 amide bonds. The van der Waals surface area contributed by atoms with Crippen molar-refractivity contribution < 1.29 is 31.8 Å². The highest BCUT2D eigenvalue weighted by Crippen LogP contribution is 2.13. The Hall–Kier alpha value is -2.21. The molecule has 0 aliphatic heterocycles. The second kappa shape index (κ2) is 7.57. The molecule has 0 aromatic carbocycles. The fraction of sp³-hybridized carbons (Fsp3) is 0.500. The molecule has 24 heavy (non-hydrogen) atoms. The summed E-state index contributed by atoms with van der Waals surface area (Å²) in [6.07, 6.45) is 0.694. The Morgan fingerprint density at radius 3 is 2.46 bits per heavy atom. The number of oxime groups is 1. The van der Waals surface area contributed by atoms with E-state index in [0.29, 0.717) is 6.26 Å². The molecule has 0 fully saturated rings. The minimum absolute atomic E-state index is 0.0460. The first-order valence-corrected chi connectivity index (χ1v) is 9.14. The number of esters is 1. The largest absolute Gasteiger partial charge is 0.457 e. The van der Waals surface area contributed by atoms with E-state index in [-0.39, 0.29) is 10.8 Å². The molecule has 0 atom stereocenters. The molecule has 0 spiro atoms. The van der Waals surface area contributed by atoms with Gasteiger partial charge < -0.3 is 19.5 Å². The molecule has 2 N–H and O–H groups in total. The third-order valence-electron chi connectivity index (χ3n) is 1.94. The number of carbonyl (C=O) groups excluding carboxylic acids is 2. The minimum atomic E-state index is -4.07. The molecular weight excluding hydrogens is 362 g/mol. The molecule has 0 unspecified atom stereocenters. The first-order chi connectivity index (χ1) is 10.9. The maximum Gasteiger partial charge on any atom is 0.378 e. The van der Waals surface area contributed by atoms with Gasteiger partial charge in [0, 0.05) is 5.38 Å². The number of hydrogen-bond acceptors (Lipinski definition) is 11. The summed E-state index contributed by atoms with van der Waals surface area (Å²) < 4.78 is 31.4. The van der Waals surface area contributed by atoms with Gasteiger partial charge in [0.25, 0.3) is 0 Å². The van der Waals surface area contributed by atoms with Gasteiger partial charge in [0.2, 0.25) is 12.3 Å². The summed E-state index contributed by atoms with van der Waals surface area (Å²) in [6, 6.07) is 0. The first-order valence-electron chi connectivity index (χ1n) is 6.44. The van der Waals surface area contributed by atoms with Gasteiger partial charge in [-0.1, -0.05) is 5.16 Å². The Balaban J connectivity index is 2.89. The quantitative estimate of drug-likeness (QED) is 0.319. The van der Waals surface area contributed by atoms with Crippen LogP contribution in [0.4, 0.5) is 5.13 Å². The van der Waals surface area contributed by atoms with E-state index in [1.165, 1.54) is 5.38 Å². The van der Waals surface area contributed by atoms with Crippen LogP contribution < -0.4 is 5.73 Å². The lowest BCUT2D eigenvalue weighted by Crippen LogP contribution is -2.27. The summed E-state index contributed by atoms with van der Waals surface area (Å²) in [4.78, 5) is 31.9. The van der Waals surface area contributed by atoms with Crippen molar-refractivity contribution in [2.45, 2.75) is 26.4 Å². The molecular formula is C12H17N3O7S2. The second-order valence-electron chi connectivity index (χ2n) is 5.45. The summed E-state index contributed by atoms with van der Waals surface area (Å²) in [7, 11) is -4.07. The highest BCUT2D eigenvalue weighted by atomic mass is 32.2. The van der Waals surface area contributed by atoms with Crippen molar-refractivity contribution in [3.05, 3.63) is 11.1 Å². The summed E-state index contributed by atoms with van der Waals surface area (Å²) in [5, 5.41) is 4.90. The maximum absolute atomic E-state index is 11.9. The van der Waals surface area contributed by atoms with Gasteiger partial charge in [-0.3, -0.25) is 0 Å². The Morgan fingerprint density at radius 2 is 2.00 bits per heavy atom. The number of ether oxygens (including phenoxy) is 1. The molecule has 1 rings (SSSR count). The molecule has 1 heterocycles. The Bertz CT molecular complexity index is 747. The maximum atomic E-state index is 11.9. The Morgan fingerprint density at radius 1 is 1.38 bits per heavy atom. The average Bonchev–Trinajstić information content (AvgIpc) is 2.76. The zero-order chi connectivity index (χ0) is 18.5. The smallest absolute Gasteiger partial charge is 0.378 e. The number of nitrogens with zero attached hydrogens (tertiary/aromatic N) is 2. The van der Waals surface area contributed by atoms with E-state index in [4.69, 9.17) is 15.3 Å². The van der Waals surface area contributed by atoms with Crippen molar-refractivity contribution in [1.82, 2.24) is 4.98 Å². The van der Waals surface area contributed by atoms with Crippen LogP contribution in [0.15, 0.2) is 10.5 Å². The zero-order valence-electron chi connectivity index (χ0n) is 13.4. The van der Waals surface area contributed by atoms with Crippen molar-refractivity contribution in [3.8, 4) is 0 Å². The molecule has 12 heteroatoms. The molecule has 0 aliphatic rings. The third kappa shape index (κ3) is 7.37. The van der Waals surface area contributed by atoms with Gasteiger partial charge in [0.1, 0.15) is 11.3 Å². The summed E-state index contributed by atoms with van der Waals surface area (Å²) in [5.74, 6) is -2.04. The van der Waals surface area contributed by atoms with Crippen LogP contribution in [0, 0.1) is 0 Å². The van der Waals surface area contributed by atoms with E-state index in [1.807, 2.05) is 0 Å². The van der Waals surface area contributed by atoms with Crippen LogP contribution in [0.2, 0.25) is 0 Å². The predicted molar refractivity (Wildman–Crippen MR) is 85.8 cm³/mol. The van der Waals surface area contributed by atoms with Gasteiger partial charge in [-0.05, 0) is 20.8 Å². The van der Waals surface area contributed by atoms with Crippen molar-refractivity contribution in [2.24, 2.45) is 5.16 Å². The number of aromatic nitrogens is 1. The number of carbonyl (C=O) groups is 2. The highest BCUT2D eigenvalue weighted by Gasteiger charge is 2.24. The molecule has 0 aliphatic carbocycles. The van der Waals surface area contributed by atoms with Crippen molar-refractivity contribution in [2.75, 3.05) is 18.6 Å². The van der Waals surface area contributed by atoms with Gasteiger partial charge >= 0.3 is 22.1 Å². The molecule has 1 aromatic rings. The first kappa shape index (κ1) is 19.8. The van der Waals surface area contributed by atoms with Crippen molar-refractivity contribution >= 4 is 44.2 Å². The topological polar surface area (TPSA) is 147 Å². The number of hydrogen-bond donors (Lipinski definition) is 1. The molecule has 0 saturated heterocycles. The standard InChI is InChI=1S/C12H17N3O7S2/c1-12(2,3)21-8(16)5-20-15-9(7-6-23-11(13)14-7)10(17)22-24(4,18)19/h6H,5H2,1-4H3,(H2,13,14)/b15-9+. The van der Waals surface area contributed by atoms with E-state index in [9.17, 15) is 18.0 Å². The van der Waals surface area contributed by atoms with E-state index >= 15 is 0 Å². The number of thiazole rings is 1. The number of nitrogen functional groups attached to an aromatic ring is 1. The van der Waals surface area contributed by atoms with Gasteiger partial charge in [0.15, 0.2) is 5.13 Å². The Kier molecular flexibility index (Phi) is 6.26. The van der Waals surface area contributed by atoms with E-state index in [1.54, 1.807) is 20.8 Å². The lowest BCUT2D eigenvalue weighted by molar-refractivity contribution is -0.160. The van der Waals surface area contributed by atoms with E-state index in [2.05, 4.69) is 14.3 Å². The number of anilines is 1. The van der Waals surface area contributed by atoms with Crippen LogP contribution in [0.3, 0.4) is 0 Å². The monoisotopic (exact) mass is 379 g/mol. The predicted octanol–water partition coefficient (Wildman–Crippen LogP) is 0.291. The summed E-state index contributed by atoms with van der Waals surface area (Å²) in [6.45, 7) is 4.41. The number of nitrogens with two attached hydrogens (primary N) is 1. The molecule has 10 nitrogen and oxygen atoms in total. The van der Waals surface area contributed by atoms with Crippen LogP contribution in [-0.2, 0) is 33.5 Å². The van der Waals surface area contributed by atoms with Crippen LogP contribution >= 0.6 is 11.3 Å². The van der Waals surface area contributed by atoms with Gasteiger partial charge in [-0.25, -0.2) is 14.6 Å². The van der Waals surface area contributed by atoms with Crippen molar-refractivity contribution in [3.63, 3.8) is 0 Å². The lowest BCUT2D eigenvalue weighted by atomic mass is 10.2. The second-order valence-corrected chi connectivity index (χ2v) is 7.91. The summed E-state index contributed by atoms with van der Waals surface area (Å²) >= 11 is 0.997. The van der Waals surface area contributed by atoms with Crippen molar-refractivity contribution in [1.29, 1.82) is 0 Å². The molecule has 0 radical (unpaired) electrons. The molecule has 1 aromatic heterocycles. The van der Waals surface area contributed by atoms with Crippen LogP contribution in [0.25, 0.3) is 0 Å². The summed E-state index contributed by atoms with van der Waals surface area (Å²) in [5.41, 5.74) is 4.15. The van der Waals surface area contributed by atoms with Crippen LogP contribution in [-0.4, -0.2) is 49.5 Å². The minimum Gasteiger partial charge on any atom is -0.457 e. The molecule has 0 bridgehead atoms. The highest BCUT2D eigenvalue weighted by molar-refractivity contribution is 7.86. The van der Waals surface area contributed by atoms with Gasteiger partial charge in [0.05, 0.1) is 6.26 Å². The van der Waals surface area contributed by atoms with Crippen LogP contribution in [0.1, 0.15) is 26.5 Å². The van der Waals surface area contributed by atoms with Gasteiger partial charge in [-0.15, -0.1) is 11.3 Å². The van der Waals surface area contributed by atoms with E-state index < -0.39 is 40.0 Å². The zero-order valence-corrected chi connectivity index (χ0v) is 15.1. The Labute approximate surface area is 142 Å². The number of rotatable bonds is 6. The van der Waals surface area contributed by atoms with E-state index in [0.717, 1.165) is 11.3 Å². The lowest BCUT2D eigenvalue weighted by Gasteiger charge is -2.18. The fourth-order valence-electron chi connectivity index (χ4n) is 1.28. The van der Waals surface area contributed by atoms with Crippen LogP contribution in [0.5, 0.6) is 0 Å². The average molecular weight is 379 g/mol. The van der Waals surface area contributed by atoms with Gasteiger partial charge in [-0.2, -0.15) is 8.42 Å². The fourth-order valence-corrected chi connectivity index (χ4v) is 2.18. The molecule has 0 saturated carbocycles. The third-order valence-corrected chi connectivity index (χ3v) is 3.07. The SMILES string of the molecule is CC(C)(C)OC(=O)CO/N=C(/C(=O)OS(C)(=O)=O)c1csc(N)n1. The molecule has 134 valence electrons.